The summed E-state index contributed by atoms with van der Waals surface area (Å²) < 4.78 is 5.30. The SMILES string of the molecule is CCOC(=O)Cc1csc(NCC2(SC)CCCCC2)n1. The van der Waals surface area contributed by atoms with Crippen molar-refractivity contribution in [1.29, 1.82) is 0 Å². The predicted molar refractivity (Wildman–Crippen MR) is 90.3 cm³/mol. The van der Waals surface area contributed by atoms with Crippen LogP contribution in [0.25, 0.3) is 0 Å². The third-order valence-electron chi connectivity index (χ3n) is 3.94. The molecule has 1 aliphatic carbocycles. The van der Waals surface area contributed by atoms with E-state index in [1.807, 2.05) is 24.1 Å². The van der Waals surface area contributed by atoms with Crippen molar-refractivity contribution in [2.24, 2.45) is 0 Å². The minimum absolute atomic E-state index is 0.206. The number of anilines is 1. The maximum absolute atomic E-state index is 11.4. The molecule has 0 atom stereocenters. The van der Waals surface area contributed by atoms with E-state index in [0.717, 1.165) is 17.4 Å². The van der Waals surface area contributed by atoms with Gasteiger partial charge in [0.1, 0.15) is 0 Å². The zero-order chi connectivity index (χ0) is 15.1. The first-order valence-electron chi connectivity index (χ1n) is 7.56. The molecule has 0 aromatic carbocycles. The van der Waals surface area contributed by atoms with E-state index < -0.39 is 0 Å². The van der Waals surface area contributed by atoms with Gasteiger partial charge in [-0.1, -0.05) is 19.3 Å². The van der Waals surface area contributed by atoms with E-state index in [1.165, 1.54) is 32.1 Å². The maximum Gasteiger partial charge on any atom is 0.311 e. The van der Waals surface area contributed by atoms with Crippen LogP contribution in [0.2, 0.25) is 0 Å². The molecule has 1 fully saturated rings. The Morgan fingerprint density at radius 3 is 2.90 bits per heavy atom. The molecule has 0 bridgehead atoms. The van der Waals surface area contributed by atoms with Crippen LogP contribution in [-0.4, -0.2) is 35.1 Å². The molecule has 6 heteroatoms. The number of aromatic nitrogens is 1. The highest BCUT2D eigenvalue weighted by Crippen LogP contribution is 2.38. The predicted octanol–water partition coefficient (Wildman–Crippen LogP) is 3.73. The summed E-state index contributed by atoms with van der Waals surface area (Å²) in [6.07, 6.45) is 9.05. The summed E-state index contributed by atoms with van der Waals surface area (Å²) in [4.78, 5) is 15.9. The number of nitrogens with one attached hydrogen (secondary N) is 1. The van der Waals surface area contributed by atoms with Gasteiger partial charge in [-0.25, -0.2) is 4.98 Å². The number of rotatable bonds is 7. The number of carbonyl (C=O) groups is 1. The van der Waals surface area contributed by atoms with Gasteiger partial charge in [-0.3, -0.25) is 4.79 Å². The van der Waals surface area contributed by atoms with Crippen molar-refractivity contribution in [2.75, 3.05) is 24.7 Å². The lowest BCUT2D eigenvalue weighted by atomic mass is 9.88. The van der Waals surface area contributed by atoms with Gasteiger partial charge in [0.05, 0.1) is 18.7 Å². The summed E-state index contributed by atoms with van der Waals surface area (Å²) >= 11 is 3.54. The molecule has 0 unspecified atom stereocenters. The molecule has 0 amide bonds. The van der Waals surface area contributed by atoms with Gasteiger partial charge < -0.3 is 10.1 Å². The summed E-state index contributed by atoms with van der Waals surface area (Å²) in [5, 5.41) is 6.31. The number of nitrogens with zero attached hydrogens (tertiary/aromatic N) is 1. The monoisotopic (exact) mass is 328 g/mol. The third kappa shape index (κ3) is 4.88. The van der Waals surface area contributed by atoms with E-state index >= 15 is 0 Å². The van der Waals surface area contributed by atoms with Crippen molar-refractivity contribution >= 4 is 34.2 Å². The third-order valence-corrected chi connectivity index (χ3v) is 6.21. The van der Waals surface area contributed by atoms with Crippen molar-refractivity contribution in [1.82, 2.24) is 4.98 Å². The van der Waals surface area contributed by atoms with Crippen molar-refractivity contribution in [2.45, 2.75) is 50.2 Å². The molecule has 1 aromatic rings. The van der Waals surface area contributed by atoms with Gasteiger partial charge in [-0.05, 0) is 26.0 Å². The zero-order valence-corrected chi connectivity index (χ0v) is 14.4. The minimum atomic E-state index is -0.206. The molecule has 2 rings (SSSR count). The lowest BCUT2D eigenvalue weighted by Crippen LogP contribution is -2.35. The molecule has 1 aromatic heterocycles. The Balaban J connectivity index is 1.85. The van der Waals surface area contributed by atoms with Crippen LogP contribution in [0.1, 0.15) is 44.7 Å². The average molecular weight is 329 g/mol. The fraction of sp³-hybridized carbons (Fsp3) is 0.733. The number of hydrogen-bond donors (Lipinski definition) is 1. The Morgan fingerprint density at radius 2 is 2.24 bits per heavy atom. The highest BCUT2D eigenvalue weighted by Gasteiger charge is 2.31. The molecule has 4 nitrogen and oxygen atoms in total. The van der Waals surface area contributed by atoms with Crippen LogP contribution in [0.4, 0.5) is 5.13 Å². The lowest BCUT2D eigenvalue weighted by molar-refractivity contribution is -0.142. The van der Waals surface area contributed by atoms with Crippen LogP contribution in [-0.2, 0) is 16.0 Å². The van der Waals surface area contributed by atoms with Crippen LogP contribution >= 0.6 is 23.1 Å². The molecule has 0 saturated heterocycles. The summed E-state index contributed by atoms with van der Waals surface area (Å²) in [7, 11) is 0. The molecule has 0 radical (unpaired) electrons. The highest BCUT2D eigenvalue weighted by atomic mass is 32.2. The number of esters is 1. The molecule has 118 valence electrons. The van der Waals surface area contributed by atoms with Gasteiger partial charge in [0.15, 0.2) is 5.13 Å². The molecule has 1 saturated carbocycles. The standard InChI is InChI=1S/C15H24N2O2S2/c1-3-19-13(18)9-12-10-21-14(17-12)16-11-15(20-2)7-5-4-6-8-15/h10H,3-9,11H2,1-2H3,(H,16,17). The van der Waals surface area contributed by atoms with Gasteiger partial charge >= 0.3 is 5.97 Å². The van der Waals surface area contributed by atoms with E-state index in [9.17, 15) is 4.79 Å². The summed E-state index contributed by atoms with van der Waals surface area (Å²) in [5.74, 6) is -0.206. The molecule has 0 spiro atoms. The number of carbonyl (C=O) groups excluding carboxylic acids is 1. The second-order valence-corrected chi connectivity index (χ2v) is 7.56. The van der Waals surface area contributed by atoms with Gasteiger partial charge in [0.2, 0.25) is 0 Å². The zero-order valence-electron chi connectivity index (χ0n) is 12.8. The second kappa shape index (κ2) is 8.03. The van der Waals surface area contributed by atoms with Crippen molar-refractivity contribution in [3.63, 3.8) is 0 Å². The molecule has 1 heterocycles. The minimum Gasteiger partial charge on any atom is -0.466 e. The maximum atomic E-state index is 11.4. The topological polar surface area (TPSA) is 51.2 Å². The first-order valence-corrected chi connectivity index (χ1v) is 9.67. The normalized spacial score (nSPS) is 17.4. The molecule has 1 aliphatic rings. The number of hydrogen-bond acceptors (Lipinski definition) is 6. The number of thiazole rings is 1. The Labute approximate surface area is 135 Å². The Bertz CT molecular complexity index is 456. The van der Waals surface area contributed by atoms with E-state index in [1.54, 1.807) is 11.3 Å². The largest absolute Gasteiger partial charge is 0.466 e. The molecular weight excluding hydrogens is 304 g/mol. The van der Waals surface area contributed by atoms with Crippen molar-refractivity contribution in [3.05, 3.63) is 11.1 Å². The van der Waals surface area contributed by atoms with E-state index in [-0.39, 0.29) is 12.4 Å². The fourth-order valence-corrected chi connectivity index (χ4v) is 4.34. The van der Waals surface area contributed by atoms with Crippen LogP contribution < -0.4 is 5.32 Å². The molecule has 21 heavy (non-hydrogen) atoms. The Morgan fingerprint density at radius 1 is 1.48 bits per heavy atom. The molecular formula is C15H24N2O2S2. The smallest absolute Gasteiger partial charge is 0.311 e. The van der Waals surface area contributed by atoms with E-state index in [4.69, 9.17) is 4.74 Å². The fourth-order valence-electron chi connectivity index (χ4n) is 2.72. The summed E-state index contributed by atoms with van der Waals surface area (Å²) in [6.45, 7) is 3.20. The number of thioether (sulfide) groups is 1. The van der Waals surface area contributed by atoms with E-state index in [0.29, 0.717) is 11.4 Å². The quantitative estimate of drug-likeness (QED) is 0.773. The Kier molecular flexibility index (Phi) is 6.36. The number of ether oxygens (including phenoxy) is 1. The van der Waals surface area contributed by atoms with Crippen LogP contribution in [0.15, 0.2) is 5.38 Å². The summed E-state index contributed by atoms with van der Waals surface area (Å²) in [5.41, 5.74) is 0.794. The summed E-state index contributed by atoms with van der Waals surface area (Å²) in [6, 6.07) is 0. The average Bonchev–Trinajstić information content (AvgIpc) is 2.94. The van der Waals surface area contributed by atoms with Gasteiger partial charge in [-0.15, -0.1) is 11.3 Å². The molecule has 1 N–H and O–H groups in total. The Hall–Kier alpha value is -0.750. The first-order chi connectivity index (χ1) is 10.2. The van der Waals surface area contributed by atoms with Crippen LogP contribution in [0, 0.1) is 0 Å². The molecule has 0 aliphatic heterocycles. The van der Waals surface area contributed by atoms with E-state index in [2.05, 4.69) is 16.6 Å². The van der Waals surface area contributed by atoms with Gasteiger partial charge in [0, 0.05) is 16.7 Å². The van der Waals surface area contributed by atoms with Crippen molar-refractivity contribution in [3.8, 4) is 0 Å². The second-order valence-electron chi connectivity index (χ2n) is 5.43. The van der Waals surface area contributed by atoms with Crippen molar-refractivity contribution < 1.29 is 9.53 Å². The van der Waals surface area contributed by atoms with Crippen LogP contribution in [0.5, 0.6) is 0 Å². The van der Waals surface area contributed by atoms with Gasteiger partial charge in [0.25, 0.3) is 0 Å². The lowest BCUT2D eigenvalue weighted by Gasteiger charge is -2.35. The highest BCUT2D eigenvalue weighted by molar-refractivity contribution is 8.00. The van der Waals surface area contributed by atoms with Gasteiger partial charge in [-0.2, -0.15) is 11.8 Å². The first kappa shape index (κ1) is 16.6. The van der Waals surface area contributed by atoms with Crippen LogP contribution in [0.3, 0.4) is 0 Å².